The maximum absolute atomic E-state index is 7.05. The lowest BCUT2D eigenvalue weighted by molar-refractivity contribution is 0.670. The van der Waals surface area contributed by atoms with E-state index in [0.717, 1.165) is 27.6 Å². The number of benzene rings is 10. The molecule has 14 rings (SSSR count). The lowest BCUT2D eigenvalue weighted by Gasteiger charge is -2.41. The largest absolute Gasteiger partial charge is 0.455 e. The predicted octanol–water partition coefficient (Wildman–Crippen LogP) is 14.4. The molecule has 2 aromatic heterocycles. The molecule has 0 N–H and O–H groups in total. The maximum atomic E-state index is 7.05. The van der Waals surface area contributed by atoms with Crippen molar-refractivity contribution in [3.8, 4) is 33.4 Å². The summed E-state index contributed by atoms with van der Waals surface area (Å²) in [6.07, 6.45) is 0. The van der Waals surface area contributed by atoms with E-state index in [1.54, 1.807) is 0 Å². The van der Waals surface area contributed by atoms with Gasteiger partial charge >= 0.3 is 6.85 Å². The van der Waals surface area contributed by atoms with E-state index in [9.17, 15) is 0 Å². The average molecular weight is 789 g/mol. The van der Waals surface area contributed by atoms with E-state index in [2.05, 4.69) is 211 Å². The van der Waals surface area contributed by atoms with Crippen LogP contribution in [-0.2, 0) is 0 Å². The Balaban J connectivity index is 1.20. The highest BCUT2D eigenvalue weighted by atomic mass is 16.3. The number of fused-ring (bicyclic) bond motifs is 13. The number of para-hydroxylation sites is 3. The van der Waals surface area contributed by atoms with Gasteiger partial charge in [-0.05, 0) is 122 Å². The van der Waals surface area contributed by atoms with Crippen LogP contribution >= 0.6 is 0 Å². The number of hydrogen-bond donors (Lipinski definition) is 0. The van der Waals surface area contributed by atoms with Crippen LogP contribution in [0.5, 0.6) is 0 Å². The highest BCUT2D eigenvalue weighted by molar-refractivity contribution is 6.90. The van der Waals surface area contributed by atoms with Gasteiger partial charge < -0.3 is 13.8 Å². The zero-order chi connectivity index (χ0) is 40.8. The molecule has 62 heavy (non-hydrogen) atoms. The topological polar surface area (TPSA) is 21.3 Å². The minimum atomic E-state index is -0.123. The van der Waals surface area contributed by atoms with E-state index < -0.39 is 0 Å². The standard InChI is InChI=1S/C58H37BN2O/c1-34-41-20-9-10-21-42(41)35(2)48-32-52-50(31-47(34)48)59-56-53(60(52)40-29-38(36-16-5-3-6-17-36)28-39(30-40)37-18-7-4-8-19-37)33-49-44-23-12-14-27-54(44)62-58(49)55(56)46-25-15-24-45-43-22-11-13-26-51(43)61(59)57(45)46/h3-33H,1-2H3. The van der Waals surface area contributed by atoms with Gasteiger partial charge in [-0.15, -0.1) is 0 Å². The van der Waals surface area contributed by atoms with E-state index >= 15 is 0 Å². The average Bonchev–Trinajstić information content (AvgIpc) is 3.88. The summed E-state index contributed by atoms with van der Waals surface area (Å²) < 4.78 is 9.71. The molecule has 3 nitrogen and oxygen atoms in total. The van der Waals surface area contributed by atoms with Crippen LogP contribution in [-0.4, -0.2) is 11.3 Å². The second-order valence-electron chi connectivity index (χ2n) is 17.2. The highest BCUT2D eigenvalue weighted by Gasteiger charge is 2.44. The van der Waals surface area contributed by atoms with Crippen LogP contribution in [0.1, 0.15) is 11.1 Å². The van der Waals surface area contributed by atoms with Gasteiger partial charge in [0.15, 0.2) is 0 Å². The molecular weight excluding hydrogens is 751 g/mol. The van der Waals surface area contributed by atoms with Crippen LogP contribution < -0.4 is 15.8 Å². The molecular formula is C58H37BN2O. The molecule has 0 saturated heterocycles. The highest BCUT2D eigenvalue weighted by Crippen LogP contribution is 2.51. The van der Waals surface area contributed by atoms with E-state index in [-0.39, 0.29) is 6.85 Å². The fourth-order valence-electron chi connectivity index (χ4n) is 11.3. The number of anilines is 3. The third kappa shape index (κ3) is 4.45. The van der Waals surface area contributed by atoms with Crippen molar-refractivity contribution < 1.29 is 4.42 Å². The fraction of sp³-hybridized carbons (Fsp3) is 0.0345. The van der Waals surface area contributed by atoms with Gasteiger partial charge in [0.25, 0.3) is 0 Å². The van der Waals surface area contributed by atoms with Crippen LogP contribution in [0.3, 0.4) is 0 Å². The number of hydrogen-bond acceptors (Lipinski definition) is 2. The van der Waals surface area contributed by atoms with Gasteiger partial charge in [-0.25, -0.2) is 0 Å². The van der Waals surface area contributed by atoms with Crippen molar-refractivity contribution in [3.05, 3.63) is 199 Å². The third-order valence-electron chi connectivity index (χ3n) is 14.1. The van der Waals surface area contributed by atoms with Gasteiger partial charge in [0.05, 0.1) is 0 Å². The van der Waals surface area contributed by atoms with Crippen LogP contribution in [0, 0.1) is 13.8 Å². The van der Waals surface area contributed by atoms with Crippen LogP contribution in [0.4, 0.5) is 17.1 Å². The molecule has 2 aliphatic heterocycles. The van der Waals surface area contributed by atoms with E-state index in [1.165, 1.54) is 110 Å². The molecule has 2 aliphatic rings. The zero-order valence-electron chi connectivity index (χ0n) is 34.3. The van der Waals surface area contributed by atoms with Crippen molar-refractivity contribution in [2.24, 2.45) is 0 Å². The third-order valence-corrected chi connectivity index (χ3v) is 14.1. The van der Waals surface area contributed by atoms with E-state index in [4.69, 9.17) is 4.42 Å². The van der Waals surface area contributed by atoms with E-state index in [0.29, 0.717) is 0 Å². The number of furan rings is 1. The molecule has 4 heterocycles. The Morgan fingerprint density at radius 2 is 1.02 bits per heavy atom. The quantitative estimate of drug-likeness (QED) is 0.131. The van der Waals surface area contributed by atoms with E-state index in [1.807, 2.05) is 0 Å². The second-order valence-corrected chi connectivity index (χ2v) is 17.2. The summed E-state index contributed by atoms with van der Waals surface area (Å²) in [5, 5.41) is 9.98. The van der Waals surface area contributed by atoms with Crippen molar-refractivity contribution in [2.75, 3.05) is 4.90 Å². The molecule has 0 saturated carbocycles. The first-order chi connectivity index (χ1) is 30.6. The minimum absolute atomic E-state index is 0.123. The first-order valence-corrected chi connectivity index (χ1v) is 21.6. The Bertz CT molecular complexity index is 3840. The van der Waals surface area contributed by atoms with Gasteiger partial charge in [0, 0.05) is 60.8 Å². The Kier molecular flexibility index (Phi) is 6.78. The molecule has 0 radical (unpaired) electrons. The Labute approximate surface area is 358 Å². The fourth-order valence-corrected chi connectivity index (χ4v) is 11.3. The summed E-state index contributed by atoms with van der Waals surface area (Å²) in [6.45, 7) is 4.49. The number of rotatable bonds is 3. The second kappa shape index (κ2) is 12.4. The summed E-state index contributed by atoms with van der Waals surface area (Å²) in [4.78, 5) is 2.59. The molecule has 0 unspecified atom stereocenters. The molecule has 288 valence electrons. The maximum Gasteiger partial charge on any atom is 0.333 e. The van der Waals surface area contributed by atoms with Crippen LogP contribution in [0.25, 0.3) is 98.7 Å². The monoisotopic (exact) mass is 788 g/mol. The zero-order valence-corrected chi connectivity index (χ0v) is 34.3. The summed E-state index contributed by atoms with van der Waals surface area (Å²) in [5.41, 5.74) is 20.1. The minimum Gasteiger partial charge on any atom is -0.455 e. The first-order valence-electron chi connectivity index (χ1n) is 21.6. The predicted molar refractivity (Wildman–Crippen MR) is 263 cm³/mol. The summed E-state index contributed by atoms with van der Waals surface area (Å²) >= 11 is 0. The Hall–Kier alpha value is -7.82. The van der Waals surface area contributed by atoms with Crippen LogP contribution in [0.15, 0.2) is 192 Å². The summed E-state index contributed by atoms with van der Waals surface area (Å²) in [7, 11) is 0. The molecule has 0 aliphatic carbocycles. The van der Waals surface area contributed by atoms with Gasteiger partial charge in [0.1, 0.15) is 11.2 Å². The Morgan fingerprint density at radius 1 is 0.435 bits per heavy atom. The first kappa shape index (κ1) is 34.0. The van der Waals surface area contributed by atoms with Gasteiger partial charge in [-0.3, -0.25) is 0 Å². The molecule has 0 atom stereocenters. The smallest absolute Gasteiger partial charge is 0.333 e. The lowest BCUT2D eigenvalue weighted by atomic mass is 9.44. The van der Waals surface area contributed by atoms with Crippen molar-refractivity contribution >= 4 is 100 Å². The molecule has 0 fully saturated rings. The molecule has 12 aromatic rings. The van der Waals surface area contributed by atoms with Gasteiger partial charge in [0.2, 0.25) is 0 Å². The van der Waals surface area contributed by atoms with Crippen molar-refractivity contribution in [1.29, 1.82) is 0 Å². The van der Waals surface area contributed by atoms with Crippen molar-refractivity contribution in [3.63, 3.8) is 0 Å². The Morgan fingerprint density at radius 3 is 1.73 bits per heavy atom. The van der Waals surface area contributed by atoms with Crippen molar-refractivity contribution in [2.45, 2.75) is 13.8 Å². The molecule has 10 aromatic carbocycles. The molecule has 4 heteroatoms. The number of nitrogens with zero attached hydrogens (tertiary/aromatic N) is 2. The number of aryl methyl sites for hydroxylation is 2. The molecule has 0 spiro atoms. The normalized spacial score (nSPS) is 12.9. The SMILES string of the molecule is Cc1c2ccccc2c(C)c2cc3c(cc12)B1c2c(cc4c(oc5ccccc54)c2-c2cccc4c5ccccc5n1c24)N3c1cc(-c2ccccc2)cc(-c2ccccc2)c1. The summed E-state index contributed by atoms with van der Waals surface area (Å²) in [5.74, 6) is 0. The molecule has 0 bridgehead atoms. The summed E-state index contributed by atoms with van der Waals surface area (Å²) in [6, 6.07) is 69.6. The molecule has 0 amide bonds. The number of aromatic nitrogens is 1. The lowest BCUT2D eigenvalue weighted by Crippen LogP contribution is -2.56. The van der Waals surface area contributed by atoms with Gasteiger partial charge in [-0.1, -0.05) is 146 Å². The van der Waals surface area contributed by atoms with Crippen molar-refractivity contribution in [1.82, 2.24) is 4.48 Å². The van der Waals surface area contributed by atoms with Crippen LogP contribution in [0.2, 0.25) is 0 Å². The van der Waals surface area contributed by atoms with Gasteiger partial charge in [-0.2, -0.15) is 0 Å².